The standard InChI is InChI=1S/C18H8F7NO2S/c1-3-4-26-9-5-7(8(19)6-10(9)28-18(24,25)17(26)27)11-12(20)14(22)16(29-2)15(23)13(11)21/h1,5-6H,4H2,2H3. The van der Waals surface area contributed by atoms with Crippen LogP contribution in [0.4, 0.5) is 36.4 Å². The Morgan fingerprint density at radius 2 is 1.69 bits per heavy atom. The summed E-state index contributed by atoms with van der Waals surface area (Å²) < 4.78 is 103. The number of carbonyl (C=O) groups excluding carboxylic acids is 1. The zero-order valence-electron chi connectivity index (χ0n) is 14.3. The molecule has 2 aromatic rings. The van der Waals surface area contributed by atoms with Gasteiger partial charge in [-0.15, -0.1) is 18.2 Å². The highest BCUT2D eigenvalue weighted by Gasteiger charge is 2.50. The number of amides is 1. The van der Waals surface area contributed by atoms with Crippen molar-refractivity contribution in [1.29, 1.82) is 0 Å². The minimum atomic E-state index is -4.37. The number of benzene rings is 2. The third-order valence-corrected chi connectivity index (χ3v) is 4.78. The topological polar surface area (TPSA) is 29.5 Å². The molecule has 2 aromatic carbocycles. The molecule has 0 atom stereocenters. The van der Waals surface area contributed by atoms with Crippen molar-refractivity contribution in [2.24, 2.45) is 0 Å². The van der Waals surface area contributed by atoms with Crippen LogP contribution in [0.2, 0.25) is 0 Å². The number of alkyl halides is 2. The van der Waals surface area contributed by atoms with E-state index in [1.807, 2.05) is 5.92 Å². The van der Waals surface area contributed by atoms with Crippen LogP contribution in [0, 0.1) is 41.4 Å². The van der Waals surface area contributed by atoms with Crippen LogP contribution in [-0.4, -0.2) is 24.8 Å². The number of terminal acetylenes is 1. The van der Waals surface area contributed by atoms with E-state index >= 15 is 0 Å². The summed E-state index contributed by atoms with van der Waals surface area (Å²) in [4.78, 5) is 11.2. The molecular weight excluding hydrogens is 427 g/mol. The van der Waals surface area contributed by atoms with Crippen LogP contribution in [-0.2, 0) is 4.79 Å². The van der Waals surface area contributed by atoms with E-state index in [0.717, 1.165) is 0 Å². The number of hydrogen-bond acceptors (Lipinski definition) is 3. The van der Waals surface area contributed by atoms with Gasteiger partial charge >= 0.3 is 12.0 Å². The quantitative estimate of drug-likeness (QED) is 0.303. The van der Waals surface area contributed by atoms with Gasteiger partial charge in [0.05, 0.1) is 22.7 Å². The van der Waals surface area contributed by atoms with Crippen molar-refractivity contribution in [2.75, 3.05) is 17.7 Å². The lowest BCUT2D eigenvalue weighted by Gasteiger charge is -2.32. The molecule has 0 radical (unpaired) electrons. The van der Waals surface area contributed by atoms with Gasteiger partial charge in [0.2, 0.25) is 0 Å². The van der Waals surface area contributed by atoms with Crippen LogP contribution in [0.1, 0.15) is 0 Å². The Balaban J connectivity index is 2.31. The van der Waals surface area contributed by atoms with E-state index in [-0.39, 0.29) is 0 Å². The predicted octanol–water partition coefficient (Wildman–Crippen LogP) is 4.72. The molecule has 0 aliphatic carbocycles. The Morgan fingerprint density at radius 3 is 2.21 bits per heavy atom. The summed E-state index contributed by atoms with van der Waals surface area (Å²) in [7, 11) is 0. The van der Waals surface area contributed by atoms with E-state index in [1.165, 1.54) is 6.26 Å². The van der Waals surface area contributed by atoms with Gasteiger partial charge < -0.3 is 4.74 Å². The third kappa shape index (κ3) is 3.17. The molecule has 11 heteroatoms. The number of hydrogen-bond donors (Lipinski definition) is 0. The fourth-order valence-corrected chi connectivity index (χ4v) is 3.29. The van der Waals surface area contributed by atoms with Gasteiger partial charge in [-0.25, -0.2) is 22.0 Å². The van der Waals surface area contributed by atoms with Crippen LogP contribution in [0.3, 0.4) is 0 Å². The van der Waals surface area contributed by atoms with E-state index in [4.69, 9.17) is 6.42 Å². The minimum absolute atomic E-state index is 0.311. The van der Waals surface area contributed by atoms with Crippen LogP contribution >= 0.6 is 11.8 Å². The molecule has 152 valence electrons. The normalized spacial score (nSPS) is 15.0. The smallest absolute Gasteiger partial charge is 0.423 e. The fourth-order valence-electron chi connectivity index (χ4n) is 2.75. The second-order valence-corrected chi connectivity index (χ2v) is 6.49. The summed E-state index contributed by atoms with van der Waals surface area (Å²) in [5.41, 5.74) is -2.99. The summed E-state index contributed by atoms with van der Waals surface area (Å²) in [6, 6.07) is 0.861. The van der Waals surface area contributed by atoms with Gasteiger partial charge in [-0.3, -0.25) is 9.69 Å². The number of nitrogens with zero attached hydrogens (tertiary/aromatic N) is 1. The highest BCUT2D eigenvalue weighted by molar-refractivity contribution is 7.98. The van der Waals surface area contributed by atoms with Crippen molar-refractivity contribution in [3.63, 3.8) is 0 Å². The third-order valence-electron chi connectivity index (χ3n) is 4.02. The van der Waals surface area contributed by atoms with Crippen molar-refractivity contribution in [2.45, 2.75) is 11.0 Å². The summed E-state index contributed by atoms with van der Waals surface area (Å²) in [5.74, 6) is -9.68. The Bertz CT molecular complexity index is 1050. The van der Waals surface area contributed by atoms with Gasteiger partial charge in [-0.05, 0) is 12.3 Å². The highest BCUT2D eigenvalue weighted by atomic mass is 32.2. The zero-order valence-corrected chi connectivity index (χ0v) is 15.1. The van der Waals surface area contributed by atoms with E-state index in [9.17, 15) is 35.5 Å². The maximum absolute atomic E-state index is 14.5. The Labute approximate surface area is 163 Å². The maximum atomic E-state index is 14.5. The number of rotatable bonds is 3. The van der Waals surface area contributed by atoms with E-state index in [0.29, 0.717) is 28.8 Å². The molecular formula is C18H8F7NO2S. The predicted molar refractivity (Wildman–Crippen MR) is 90.2 cm³/mol. The van der Waals surface area contributed by atoms with Crippen LogP contribution in [0.5, 0.6) is 5.75 Å². The highest BCUT2D eigenvalue weighted by Crippen LogP contribution is 2.44. The summed E-state index contributed by atoms with van der Waals surface area (Å²) in [5, 5.41) is 0. The summed E-state index contributed by atoms with van der Waals surface area (Å²) in [6.07, 6.45) is 1.84. The lowest BCUT2D eigenvalue weighted by molar-refractivity contribution is -0.192. The van der Waals surface area contributed by atoms with Crippen molar-refractivity contribution >= 4 is 23.4 Å². The van der Waals surface area contributed by atoms with E-state index in [2.05, 4.69) is 4.74 Å². The largest absolute Gasteiger partial charge is 0.483 e. The Kier molecular flexibility index (Phi) is 5.17. The van der Waals surface area contributed by atoms with Crippen molar-refractivity contribution in [3.8, 4) is 29.2 Å². The Hall–Kier alpha value is -2.87. The molecule has 1 aliphatic heterocycles. The second-order valence-electron chi connectivity index (χ2n) is 5.68. The monoisotopic (exact) mass is 435 g/mol. The first-order chi connectivity index (χ1) is 13.5. The molecule has 0 N–H and O–H groups in total. The average molecular weight is 435 g/mol. The first-order valence-electron chi connectivity index (χ1n) is 7.61. The van der Waals surface area contributed by atoms with Gasteiger partial charge in [0.15, 0.2) is 29.0 Å². The first kappa shape index (κ1) is 20.9. The number of anilines is 1. The second kappa shape index (κ2) is 7.18. The van der Waals surface area contributed by atoms with Crippen LogP contribution in [0.15, 0.2) is 17.0 Å². The maximum Gasteiger partial charge on any atom is 0.483 e. The molecule has 0 bridgehead atoms. The van der Waals surface area contributed by atoms with Crippen molar-refractivity contribution in [3.05, 3.63) is 41.2 Å². The molecule has 0 saturated heterocycles. The fraction of sp³-hybridized carbons (Fsp3) is 0.167. The number of carbonyl (C=O) groups is 1. The average Bonchev–Trinajstić information content (AvgIpc) is 2.65. The van der Waals surface area contributed by atoms with E-state index in [1.54, 1.807) is 0 Å². The number of halogens is 7. The zero-order chi connectivity index (χ0) is 21.7. The Morgan fingerprint density at radius 1 is 1.10 bits per heavy atom. The summed E-state index contributed by atoms with van der Waals surface area (Å²) >= 11 is 0.386. The van der Waals surface area contributed by atoms with E-state index < -0.39 is 75.1 Å². The molecule has 0 unspecified atom stereocenters. The molecule has 0 fully saturated rings. The molecule has 1 amide bonds. The van der Waals surface area contributed by atoms with Crippen LogP contribution in [0.25, 0.3) is 11.1 Å². The molecule has 0 saturated carbocycles. The van der Waals surface area contributed by atoms with Crippen LogP contribution < -0.4 is 9.64 Å². The lowest BCUT2D eigenvalue weighted by atomic mass is 10.0. The van der Waals surface area contributed by atoms with Crippen molar-refractivity contribution in [1.82, 2.24) is 0 Å². The summed E-state index contributed by atoms with van der Waals surface area (Å²) in [6.45, 7) is -0.713. The lowest BCUT2D eigenvalue weighted by Crippen LogP contribution is -2.51. The molecule has 0 aromatic heterocycles. The molecule has 3 rings (SSSR count). The molecule has 0 spiro atoms. The van der Waals surface area contributed by atoms with Gasteiger partial charge in [-0.1, -0.05) is 5.92 Å². The molecule has 1 aliphatic rings. The number of ether oxygens (including phenoxy) is 1. The van der Waals surface area contributed by atoms with Gasteiger partial charge in [0.25, 0.3) is 0 Å². The van der Waals surface area contributed by atoms with Crippen molar-refractivity contribution < 1.29 is 40.3 Å². The van der Waals surface area contributed by atoms with Gasteiger partial charge in [0, 0.05) is 11.6 Å². The van der Waals surface area contributed by atoms with Gasteiger partial charge in [0.1, 0.15) is 5.82 Å². The number of fused-ring (bicyclic) bond motifs is 1. The molecule has 29 heavy (non-hydrogen) atoms. The number of thioether (sulfide) groups is 1. The van der Waals surface area contributed by atoms with Gasteiger partial charge in [-0.2, -0.15) is 8.78 Å². The SMILES string of the molecule is C#CCN1C(=O)C(F)(F)Oc2cc(F)c(-c3c(F)c(F)c(SC)c(F)c3F)cc21. The minimum Gasteiger partial charge on any atom is -0.423 e. The first-order valence-corrected chi connectivity index (χ1v) is 8.83. The molecule has 3 nitrogen and oxygen atoms in total. The molecule has 1 heterocycles.